The zero-order valence-electron chi connectivity index (χ0n) is 20.1. The molecule has 3 aromatic rings. The number of amides is 3. The Hall–Kier alpha value is -3.53. The number of likely N-dealkylation sites (tertiary alicyclic amines) is 1. The summed E-state index contributed by atoms with van der Waals surface area (Å²) in [6.45, 7) is -0.631. The predicted octanol–water partition coefficient (Wildman–Crippen LogP) is 3.31. The van der Waals surface area contributed by atoms with Crippen LogP contribution in [-0.2, 0) is 33.7 Å². The molecule has 2 N–H and O–H groups in total. The largest absolute Gasteiger partial charge is 0.456 e. The van der Waals surface area contributed by atoms with E-state index in [4.69, 9.17) is 33.7 Å². The van der Waals surface area contributed by atoms with E-state index >= 15 is 0 Å². The van der Waals surface area contributed by atoms with Gasteiger partial charge in [-0.3, -0.25) is 24.1 Å². The molecule has 1 fully saturated rings. The van der Waals surface area contributed by atoms with Crippen molar-refractivity contribution in [1.82, 2.24) is 4.90 Å². The zero-order chi connectivity index (χ0) is 27.7. The van der Waals surface area contributed by atoms with Gasteiger partial charge >= 0.3 is 5.97 Å². The molecule has 1 saturated heterocycles. The molecule has 2 bridgehead atoms. The minimum absolute atomic E-state index is 0.369. The number of imide groups is 1. The molecule has 0 saturated carbocycles. The van der Waals surface area contributed by atoms with Crippen molar-refractivity contribution in [2.45, 2.75) is 22.2 Å². The smallest absolute Gasteiger partial charge is 0.330 e. The normalized spacial score (nSPS) is 27.0. The predicted molar refractivity (Wildman–Crippen MR) is 142 cm³/mol. The van der Waals surface area contributed by atoms with Crippen molar-refractivity contribution >= 4 is 64.0 Å². The minimum Gasteiger partial charge on any atom is -0.456 e. The highest BCUT2D eigenvalue weighted by molar-refractivity contribution is 7.12. The van der Waals surface area contributed by atoms with Crippen LogP contribution in [0.15, 0.2) is 66.0 Å². The first-order chi connectivity index (χ1) is 18.6. The highest BCUT2D eigenvalue weighted by atomic mass is 35.5. The molecular weight excluding hydrogens is 563 g/mol. The van der Waals surface area contributed by atoms with Crippen LogP contribution in [0.1, 0.15) is 38.3 Å². The summed E-state index contributed by atoms with van der Waals surface area (Å²) in [5.41, 5.74) is 7.80. The van der Waals surface area contributed by atoms with E-state index < -0.39 is 70.1 Å². The van der Waals surface area contributed by atoms with Crippen molar-refractivity contribution in [2.75, 3.05) is 6.61 Å². The monoisotopic (exact) mass is 582 g/mol. The molecular formula is C28H20Cl2N2O6S. The van der Waals surface area contributed by atoms with Crippen LogP contribution in [0.5, 0.6) is 0 Å². The van der Waals surface area contributed by atoms with Crippen LogP contribution in [0, 0.1) is 11.8 Å². The number of nitrogens with zero attached hydrogens (tertiary/aromatic N) is 1. The van der Waals surface area contributed by atoms with Gasteiger partial charge in [0.25, 0.3) is 0 Å². The third kappa shape index (κ3) is 3.46. The zero-order valence-corrected chi connectivity index (χ0v) is 22.5. The standard InChI is InChI=1S/C28H20Cl2N2O6S/c29-27-14-6-1-2-7-15(14)28(30,17-9-4-3-8-16(17)27)23-22(27)24(35)32(25(23)36)18(12-21(31)34)26(37)38-13-19(33)20-10-5-11-39-20/h1-11,18,22-23H,12-13H2,(H2,31,34)/t18-,22-,23-,27?,28?/m1/s1. The molecule has 1 aliphatic heterocycles. The van der Waals surface area contributed by atoms with Crippen molar-refractivity contribution in [1.29, 1.82) is 0 Å². The number of carbonyl (C=O) groups excluding carboxylic acids is 5. The van der Waals surface area contributed by atoms with Gasteiger partial charge < -0.3 is 10.5 Å². The average Bonchev–Trinajstić information content (AvgIpc) is 3.56. The lowest BCUT2D eigenvalue weighted by Crippen LogP contribution is -2.57. The molecule has 2 aromatic carbocycles. The van der Waals surface area contributed by atoms with Gasteiger partial charge in [-0.05, 0) is 33.7 Å². The molecule has 2 heterocycles. The minimum atomic E-state index is -1.68. The number of ketones is 1. The number of hydrogen-bond acceptors (Lipinski definition) is 7. The van der Waals surface area contributed by atoms with Crippen molar-refractivity contribution < 1.29 is 28.7 Å². The number of hydrogen-bond donors (Lipinski definition) is 1. The average molecular weight is 583 g/mol. The SMILES string of the molecule is NC(=O)C[C@H](C(=O)OCC(=O)c1cccs1)N1C(=O)[C@H]2[C@H](C1=O)C1(Cl)c3ccccc3C2(Cl)c2ccccc21. The number of esters is 1. The maximum absolute atomic E-state index is 14.1. The van der Waals surface area contributed by atoms with E-state index in [1.165, 1.54) is 11.3 Å². The van der Waals surface area contributed by atoms with E-state index in [1.54, 1.807) is 66.0 Å². The lowest BCUT2D eigenvalue weighted by Gasteiger charge is -2.54. The second-order valence-electron chi connectivity index (χ2n) is 9.71. The number of ether oxygens (including phenoxy) is 1. The van der Waals surface area contributed by atoms with Crippen LogP contribution in [0.3, 0.4) is 0 Å². The summed E-state index contributed by atoms with van der Waals surface area (Å²) in [6, 6.07) is 15.8. The van der Waals surface area contributed by atoms with Crippen LogP contribution < -0.4 is 5.73 Å². The first-order valence-electron chi connectivity index (χ1n) is 12.1. The van der Waals surface area contributed by atoms with Crippen LogP contribution >= 0.6 is 34.5 Å². The van der Waals surface area contributed by atoms with Gasteiger partial charge in [0.15, 0.2) is 6.61 Å². The van der Waals surface area contributed by atoms with Gasteiger partial charge in [-0.25, -0.2) is 4.79 Å². The molecule has 3 aliphatic carbocycles. The third-order valence-electron chi connectivity index (χ3n) is 7.74. The van der Waals surface area contributed by atoms with Gasteiger partial charge in [-0.1, -0.05) is 54.6 Å². The Bertz CT molecular complexity index is 1450. The Morgan fingerprint density at radius 2 is 1.36 bits per heavy atom. The summed E-state index contributed by atoms with van der Waals surface area (Å²) in [6.07, 6.45) is -0.687. The quantitative estimate of drug-likeness (QED) is 0.197. The molecule has 1 aromatic heterocycles. The van der Waals surface area contributed by atoms with Gasteiger partial charge in [0.2, 0.25) is 23.5 Å². The molecule has 4 aliphatic rings. The van der Waals surface area contributed by atoms with Gasteiger partial charge in [0.05, 0.1) is 23.1 Å². The number of carbonyl (C=O) groups is 5. The van der Waals surface area contributed by atoms with E-state index in [9.17, 15) is 24.0 Å². The second-order valence-corrected chi connectivity index (χ2v) is 11.9. The molecule has 3 atom stereocenters. The lowest BCUT2D eigenvalue weighted by molar-refractivity contribution is -0.159. The van der Waals surface area contributed by atoms with E-state index in [2.05, 4.69) is 0 Å². The number of thiophene rings is 1. The van der Waals surface area contributed by atoms with Crippen LogP contribution in [0.2, 0.25) is 0 Å². The highest BCUT2D eigenvalue weighted by Gasteiger charge is 2.73. The van der Waals surface area contributed by atoms with E-state index in [-0.39, 0.29) is 0 Å². The summed E-state index contributed by atoms with van der Waals surface area (Å²) >= 11 is 15.9. The van der Waals surface area contributed by atoms with E-state index in [0.29, 0.717) is 32.0 Å². The number of benzene rings is 2. The Labute approximate surface area is 236 Å². The van der Waals surface area contributed by atoms with E-state index in [0.717, 1.165) is 0 Å². The van der Waals surface area contributed by atoms with E-state index in [1.807, 2.05) is 0 Å². The summed E-state index contributed by atoms with van der Waals surface area (Å²) in [7, 11) is 0. The first-order valence-corrected chi connectivity index (χ1v) is 13.7. The summed E-state index contributed by atoms with van der Waals surface area (Å²) in [5, 5.41) is 1.70. The lowest BCUT2D eigenvalue weighted by atomic mass is 9.54. The molecule has 7 rings (SSSR count). The van der Waals surface area contributed by atoms with Gasteiger partial charge in [-0.2, -0.15) is 0 Å². The van der Waals surface area contributed by atoms with Gasteiger partial charge in [0.1, 0.15) is 15.8 Å². The number of alkyl halides is 2. The Morgan fingerprint density at radius 3 is 1.77 bits per heavy atom. The highest BCUT2D eigenvalue weighted by Crippen LogP contribution is 2.69. The van der Waals surface area contributed by atoms with Crippen LogP contribution in [0.4, 0.5) is 0 Å². The fourth-order valence-electron chi connectivity index (χ4n) is 6.21. The third-order valence-corrected chi connectivity index (χ3v) is 9.93. The number of Topliss-reactive ketones (excluding diaryl/α,β-unsaturated/α-hetero) is 1. The fourth-order valence-corrected chi connectivity index (χ4v) is 7.96. The number of rotatable bonds is 7. The van der Waals surface area contributed by atoms with Crippen LogP contribution in [-0.4, -0.2) is 47.0 Å². The molecule has 0 unspecified atom stereocenters. The molecule has 198 valence electrons. The Kier molecular flexibility index (Phi) is 5.94. The number of nitrogens with two attached hydrogens (primary N) is 1. The van der Waals surface area contributed by atoms with Crippen molar-refractivity contribution in [3.8, 4) is 0 Å². The summed E-state index contributed by atoms with van der Waals surface area (Å²) < 4.78 is 5.19. The molecule has 0 spiro atoms. The van der Waals surface area contributed by atoms with Crippen LogP contribution in [0.25, 0.3) is 0 Å². The summed E-state index contributed by atoms with van der Waals surface area (Å²) in [5.74, 6) is -6.35. The second kappa shape index (κ2) is 9.01. The van der Waals surface area contributed by atoms with Gasteiger partial charge in [-0.15, -0.1) is 34.5 Å². The Morgan fingerprint density at radius 1 is 0.872 bits per heavy atom. The number of halogens is 2. The number of primary amides is 1. The van der Waals surface area contributed by atoms with Gasteiger partial charge in [0, 0.05) is 0 Å². The Balaban J connectivity index is 1.42. The maximum atomic E-state index is 14.1. The maximum Gasteiger partial charge on any atom is 0.330 e. The topological polar surface area (TPSA) is 124 Å². The van der Waals surface area contributed by atoms with Crippen molar-refractivity contribution in [3.05, 3.63) is 93.2 Å². The molecule has 8 nitrogen and oxygen atoms in total. The molecule has 0 radical (unpaired) electrons. The van der Waals surface area contributed by atoms with Crippen molar-refractivity contribution in [2.24, 2.45) is 17.6 Å². The first kappa shape index (κ1) is 25.7. The molecule has 11 heteroatoms. The fraction of sp³-hybridized carbons (Fsp3) is 0.250. The van der Waals surface area contributed by atoms with Crippen molar-refractivity contribution in [3.63, 3.8) is 0 Å². The molecule has 39 heavy (non-hydrogen) atoms. The summed E-state index contributed by atoms with van der Waals surface area (Å²) in [4.78, 5) is 64.0. The molecule has 3 amide bonds.